The van der Waals surface area contributed by atoms with E-state index >= 15 is 0 Å². The third-order valence-corrected chi connectivity index (χ3v) is 3.89. The molecule has 2 heterocycles. The molecule has 0 aromatic rings. The number of carbonyl (C=O) groups is 2. The van der Waals surface area contributed by atoms with Crippen molar-refractivity contribution in [3.8, 4) is 0 Å². The summed E-state index contributed by atoms with van der Waals surface area (Å²) in [6.45, 7) is 11.1. The van der Waals surface area contributed by atoms with E-state index in [-0.39, 0.29) is 11.9 Å². The molecule has 0 aliphatic carbocycles. The second-order valence-electron chi connectivity index (χ2n) is 5.91. The Hall–Kier alpha value is -1.36. The summed E-state index contributed by atoms with van der Waals surface area (Å²) in [7, 11) is 0. The highest BCUT2D eigenvalue weighted by Crippen LogP contribution is 2.29. The van der Waals surface area contributed by atoms with Gasteiger partial charge >= 0.3 is 6.03 Å². The summed E-state index contributed by atoms with van der Waals surface area (Å²) in [5.74, 6) is 0.543. The van der Waals surface area contributed by atoms with Gasteiger partial charge in [-0.25, -0.2) is 4.79 Å². The Morgan fingerprint density at radius 3 is 2.53 bits per heavy atom. The molecule has 0 aromatic carbocycles. The smallest absolute Gasteiger partial charge is 0.323 e. The number of nitrogens with one attached hydrogen (secondary N) is 1. The average molecular weight is 265 g/mol. The molecule has 0 atom stereocenters. The summed E-state index contributed by atoms with van der Waals surface area (Å²) in [5.41, 5.74) is -0.659. The Labute approximate surface area is 114 Å². The average Bonchev–Trinajstić information content (AvgIpc) is 2.57. The van der Waals surface area contributed by atoms with Crippen molar-refractivity contribution in [1.82, 2.24) is 15.1 Å². The van der Waals surface area contributed by atoms with Gasteiger partial charge in [0.1, 0.15) is 5.54 Å². The van der Waals surface area contributed by atoms with Crippen LogP contribution in [0.3, 0.4) is 0 Å². The SMILES string of the molecule is C=CCN1C(=O)NC2(CCN(CC(C)C)CC2)C1=O. The zero-order chi connectivity index (χ0) is 14.0. The molecule has 3 amide bonds. The lowest BCUT2D eigenvalue weighted by molar-refractivity contribution is -0.132. The van der Waals surface area contributed by atoms with Crippen molar-refractivity contribution in [2.45, 2.75) is 32.2 Å². The van der Waals surface area contributed by atoms with Crippen LogP contribution in [0.5, 0.6) is 0 Å². The van der Waals surface area contributed by atoms with Crippen molar-refractivity contribution in [1.29, 1.82) is 0 Å². The third-order valence-electron chi connectivity index (χ3n) is 3.89. The highest BCUT2D eigenvalue weighted by atomic mass is 16.2. The minimum atomic E-state index is -0.659. The minimum absolute atomic E-state index is 0.0819. The van der Waals surface area contributed by atoms with E-state index < -0.39 is 5.54 Å². The van der Waals surface area contributed by atoms with Crippen LogP contribution in [0.25, 0.3) is 0 Å². The first-order chi connectivity index (χ1) is 8.98. The molecule has 2 aliphatic heterocycles. The first-order valence-corrected chi connectivity index (χ1v) is 6.96. The minimum Gasteiger partial charge on any atom is -0.323 e. The van der Waals surface area contributed by atoms with Gasteiger partial charge in [-0.15, -0.1) is 6.58 Å². The Morgan fingerprint density at radius 2 is 2.00 bits per heavy atom. The number of likely N-dealkylation sites (tertiary alicyclic amines) is 1. The highest BCUT2D eigenvalue weighted by molar-refractivity contribution is 6.07. The Bertz CT molecular complexity index is 384. The van der Waals surface area contributed by atoms with Gasteiger partial charge in [0.2, 0.25) is 0 Å². The van der Waals surface area contributed by atoms with Crippen LogP contribution < -0.4 is 5.32 Å². The van der Waals surface area contributed by atoms with Gasteiger partial charge in [-0.1, -0.05) is 19.9 Å². The molecular formula is C14H23N3O2. The van der Waals surface area contributed by atoms with E-state index in [0.717, 1.165) is 19.6 Å². The lowest BCUT2D eigenvalue weighted by atomic mass is 9.87. The molecule has 2 aliphatic rings. The van der Waals surface area contributed by atoms with E-state index in [4.69, 9.17) is 0 Å². The number of imide groups is 1. The summed E-state index contributed by atoms with van der Waals surface area (Å²) in [6, 6.07) is -0.276. The number of amides is 3. The van der Waals surface area contributed by atoms with Gasteiger partial charge in [0.25, 0.3) is 5.91 Å². The predicted molar refractivity (Wildman–Crippen MR) is 73.7 cm³/mol. The largest absolute Gasteiger partial charge is 0.325 e. The standard InChI is InChI=1S/C14H23N3O2/c1-4-7-17-12(18)14(15-13(17)19)5-8-16(9-6-14)10-11(2)3/h4,11H,1,5-10H2,2-3H3,(H,15,19). The topological polar surface area (TPSA) is 52.7 Å². The molecule has 2 saturated heterocycles. The molecule has 0 unspecified atom stereocenters. The molecule has 5 heteroatoms. The van der Waals surface area contributed by atoms with E-state index in [1.807, 2.05) is 0 Å². The van der Waals surface area contributed by atoms with E-state index in [1.54, 1.807) is 6.08 Å². The van der Waals surface area contributed by atoms with Crippen molar-refractivity contribution in [3.05, 3.63) is 12.7 Å². The van der Waals surface area contributed by atoms with Gasteiger partial charge in [0.05, 0.1) is 0 Å². The fraction of sp³-hybridized carbons (Fsp3) is 0.714. The molecule has 0 aromatic heterocycles. The Morgan fingerprint density at radius 1 is 1.37 bits per heavy atom. The van der Waals surface area contributed by atoms with Crippen LogP contribution in [0.4, 0.5) is 4.79 Å². The van der Waals surface area contributed by atoms with E-state index in [2.05, 4.69) is 30.6 Å². The number of hydrogen-bond acceptors (Lipinski definition) is 3. The molecule has 2 rings (SSSR count). The summed E-state index contributed by atoms with van der Waals surface area (Å²) in [5, 5.41) is 2.89. The van der Waals surface area contributed by atoms with Crippen LogP contribution >= 0.6 is 0 Å². The molecule has 0 saturated carbocycles. The lowest BCUT2D eigenvalue weighted by Crippen LogP contribution is -2.55. The highest BCUT2D eigenvalue weighted by Gasteiger charge is 2.51. The molecule has 5 nitrogen and oxygen atoms in total. The number of urea groups is 1. The van der Waals surface area contributed by atoms with Crippen LogP contribution in [0.2, 0.25) is 0 Å². The van der Waals surface area contributed by atoms with Gasteiger partial charge in [-0.05, 0) is 18.8 Å². The Kier molecular flexibility index (Phi) is 3.94. The molecular weight excluding hydrogens is 242 g/mol. The monoisotopic (exact) mass is 265 g/mol. The molecule has 1 N–H and O–H groups in total. The fourth-order valence-electron chi connectivity index (χ4n) is 2.94. The number of piperidine rings is 1. The van der Waals surface area contributed by atoms with Crippen molar-refractivity contribution in [3.63, 3.8) is 0 Å². The molecule has 106 valence electrons. The lowest BCUT2D eigenvalue weighted by Gasteiger charge is -2.37. The van der Waals surface area contributed by atoms with Crippen molar-refractivity contribution in [2.24, 2.45) is 5.92 Å². The first-order valence-electron chi connectivity index (χ1n) is 6.96. The summed E-state index contributed by atoms with van der Waals surface area (Å²) < 4.78 is 0. The fourth-order valence-corrected chi connectivity index (χ4v) is 2.94. The molecule has 0 radical (unpaired) electrons. The van der Waals surface area contributed by atoms with Crippen LogP contribution in [-0.2, 0) is 4.79 Å². The zero-order valence-corrected chi connectivity index (χ0v) is 11.8. The maximum Gasteiger partial charge on any atom is 0.325 e. The van der Waals surface area contributed by atoms with E-state index in [0.29, 0.717) is 25.3 Å². The predicted octanol–water partition coefficient (Wildman–Crippen LogP) is 1.21. The van der Waals surface area contributed by atoms with Gasteiger partial charge in [-0.3, -0.25) is 9.69 Å². The number of carbonyl (C=O) groups excluding carboxylic acids is 2. The molecule has 2 fully saturated rings. The number of rotatable bonds is 4. The van der Waals surface area contributed by atoms with Crippen molar-refractivity contribution < 1.29 is 9.59 Å². The van der Waals surface area contributed by atoms with E-state index in [9.17, 15) is 9.59 Å². The van der Waals surface area contributed by atoms with Gasteiger partial charge < -0.3 is 10.2 Å². The third kappa shape index (κ3) is 2.66. The van der Waals surface area contributed by atoms with Crippen LogP contribution in [0.15, 0.2) is 12.7 Å². The summed E-state index contributed by atoms with van der Waals surface area (Å²) in [4.78, 5) is 27.9. The van der Waals surface area contributed by atoms with E-state index in [1.165, 1.54) is 4.90 Å². The summed E-state index contributed by atoms with van der Waals surface area (Å²) >= 11 is 0. The van der Waals surface area contributed by atoms with Crippen LogP contribution in [0, 0.1) is 5.92 Å². The first kappa shape index (κ1) is 14.1. The van der Waals surface area contributed by atoms with Gasteiger partial charge in [0.15, 0.2) is 0 Å². The van der Waals surface area contributed by atoms with Crippen molar-refractivity contribution >= 4 is 11.9 Å². The van der Waals surface area contributed by atoms with Gasteiger partial charge in [-0.2, -0.15) is 0 Å². The number of hydrogen-bond donors (Lipinski definition) is 1. The summed E-state index contributed by atoms with van der Waals surface area (Å²) in [6.07, 6.45) is 3.00. The second kappa shape index (κ2) is 5.33. The molecule has 1 spiro atoms. The van der Waals surface area contributed by atoms with Crippen LogP contribution in [-0.4, -0.2) is 53.5 Å². The number of nitrogens with zero attached hydrogens (tertiary/aromatic N) is 2. The van der Waals surface area contributed by atoms with Crippen molar-refractivity contribution in [2.75, 3.05) is 26.2 Å². The molecule has 19 heavy (non-hydrogen) atoms. The normalized spacial score (nSPS) is 23.2. The van der Waals surface area contributed by atoms with Crippen LogP contribution in [0.1, 0.15) is 26.7 Å². The maximum absolute atomic E-state index is 12.4. The zero-order valence-electron chi connectivity index (χ0n) is 11.8. The maximum atomic E-state index is 12.4. The molecule has 0 bridgehead atoms. The quantitative estimate of drug-likeness (QED) is 0.614. The van der Waals surface area contributed by atoms with Gasteiger partial charge in [0, 0.05) is 26.2 Å². The second-order valence-corrected chi connectivity index (χ2v) is 5.91. The Balaban J connectivity index is 2.01.